The first-order valence-corrected chi connectivity index (χ1v) is 8.67. The molecular formula is C18H24N4O5. The molecule has 0 fully saturated rings. The average Bonchev–Trinajstić information content (AvgIpc) is 3.10. The number of carbonyl (C=O) groups is 2. The van der Waals surface area contributed by atoms with Crippen molar-refractivity contribution < 1.29 is 19.6 Å². The Morgan fingerprint density at radius 2 is 1.63 bits per heavy atom. The van der Waals surface area contributed by atoms with Crippen molar-refractivity contribution >= 4 is 23.3 Å². The summed E-state index contributed by atoms with van der Waals surface area (Å²) in [5.41, 5.74) is 0.397. The average molecular weight is 376 g/mol. The van der Waals surface area contributed by atoms with Crippen LogP contribution in [0.4, 0.5) is 11.4 Å². The molecule has 9 nitrogen and oxygen atoms in total. The van der Waals surface area contributed by atoms with E-state index in [4.69, 9.17) is 0 Å². The van der Waals surface area contributed by atoms with Gasteiger partial charge in [0, 0.05) is 25.4 Å². The molecule has 2 aromatic rings. The van der Waals surface area contributed by atoms with Crippen molar-refractivity contribution in [3.8, 4) is 0 Å². The van der Waals surface area contributed by atoms with Crippen molar-refractivity contribution in [3.05, 3.63) is 46.0 Å². The van der Waals surface area contributed by atoms with Gasteiger partial charge in [0.1, 0.15) is 11.4 Å². The second kappa shape index (κ2) is 8.07. The molecule has 2 aromatic heterocycles. The largest absolute Gasteiger partial charge is 0.477 e. The summed E-state index contributed by atoms with van der Waals surface area (Å²) in [5, 5.41) is 23.0. The third-order valence-corrected chi connectivity index (χ3v) is 3.82. The van der Waals surface area contributed by atoms with Crippen molar-refractivity contribution in [2.24, 2.45) is 11.8 Å². The number of carboxylic acid groups (broad SMARTS) is 1. The summed E-state index contributed by atoms with van der Waals surface area (Å²) in [7, 11) is 0. The normalized spacial score (nSPS) is 11.2. The van der Waals surface area contributed by atoms with Crippen molar-refractivity contribution in [1.82, 2.24) is 9.13 Å². The first kappa shape index (κ1) is 20.2. The predicted molar refractivity (Wildman–Crippen MR) is 100 cm³/mol. The maximum Gasteiger partial charge on any atom is 0.352 e. The SMILES string of the molecule is CC(C)Cn1cc(NC(=O)c2cc([N+](=O)[O-])cn2CC(C)C)cc1C(=O)O. The van der Waals surface area contributed by atoms with Crippen LogP contribution in [0.25, 0.3) is 0 Å². The molecule has 2 heterocycles. The molecule has 2 rings (SSSR count). The van der Waals surface area contributed by atoms with Crippen LogP contribution in [-0.4, -0.2) is 31.0 Å². The van der Waals surface area contributed by atoms with Gasteiger partial charge in [-0.1, -0.05) is 27.7 Å². The van der Waals surface area contributed by atoms with Gasteiger partial charge >= 0.3 is 5.97 Å². The summed E-state index contributed by atoms with van der Waals surface area (Å²) in [6.07, 6.45) is 2.90. The Morgan fingerprint density at radius 3 is 2.11 bits per heavy atom. The number of rotatable bonds is 8. The van der Waals surface area contributed by atoms with Gasteiger partial charge in [0.25, 0.3) is 11.6 Å². The van der Waals surface area contributed by atoms with Crippen LogP contribution in [0.1, 0.15) is 48.7 Å². The number of anilines is 1. The Kier molecular flexibility index (Phi) is 6.04. The van der Waals surface area contributed by atoms with E-state index in [0.29, 0.717) is 18.8 Å². The molecule has 9 heteroatoms. The van der Waals surface area contributed by atoms with Gasteiger partial charge in [0.15, 0.2) is 0 Å². The minimum atomic E-state index is -1.09. The molecule has 1 amide bonds. The predicted octanol–water partition coefficient (Wildman–Crippen LogP) is 3.46. The summed E-state index contributed by atoms with van der Waals surface area (Å²) < 4.78 is 3.11. The highest BCUT2D eigenvalue weighted by molar-refractivity contribution is 6.04. The maximum absolute atomic E-state index is 12.7. The second-order valence-corrected chi connectivity index (χ2v) is 7.31. The standard InChI is InChI=1S/C18H24N4O5/c1-11(2)7-20-9-13(5-16(20)18(24)25)19-17(23)15-6-14(22(26)27)10-21(15)8-12(3)4/h5-6,9-12H,7-8H2,1-4H3,(H,19,23)(H,24,25). The zero-order valence-electron chi connectivity index (χ0n) is 15.8. The quantitative estimate of drug-likeness (QED) is 0.540. The van der Waals surface area contributed by atoms with E-state index in [9.17, 15) is 24.8 Å². The van der Waals surface area contributed by atoms with Crippen LogP contribution in [-0.2, 0) is 13.1 Å². The number of aromatic nitrogens is 2. The number of carbonyl (C=O) groups excluding carboxylic acids is 1. The summed E-state index contributed by atoms with van der Waals surface area (Å²) in [5.74, 6) is -1.20. The summed E-state index contributed by atoms with van der Waals surface area (Å²) in [6.45, 7) is 8.75. The number of hydrogen-bond donors (Lipinski definition) is 2. The van der Waals surface area contributed by atoms with Gasteiger partial charge in [-0.25, -0.2) is 4.79 Å². The zero-order chi connectivity index (χ0) is 20.3. The second-order valence-electron chi connectivity index (χ2n) is 7.31. The number of nitro groups is 1. The third-order valence-electron chi connectivity index (χ3n) is 3.82. The number of carboxylic acids is 1. The van der Waals surface area contributed by atoms with Crippen molar-refractivity contribution in [3.63, 3.8) is 0 Å². The van der Waals surface area contributed by atoms with E-state index < -0.39 is 16.8 Å². The minimum Gasteiger partial charge on any atom is -0.477 e. The summed E-state index contributed by atoms with van der Waals surface area (Å²) in [4.78, 5) is 34.6. The van der Waals surface area contributed by atoms with Gasteiger partial charge in [0.05, 0.1) is 16.8 Å². The van der Waals surface area contributed by atoms with Gasteiger partial charge < -0.3 is 19.6 Å². The number of hydrogen-bond acceptors (Lipinski definition) is 4. The number of nitrogens with zero attached hydrogens (tertiary/aromatic N) is 3. The molecule has 0 aliphatic rings. The lowest BCUT2D eigenvalue weighted by atomic mass is 10.2. The van der Waals surface area contributed by atoms with Crippen LogP contribution in [0.3, 0.4) is 0 Å². The van der Waals surface area contributed by atoms with Gasteiger partial charge in [-0.15, -0.1) is 0 Å². The van der Waals surface area contributed by atoms with Crippen LogP contribution in [0.2, 0.25) is 0 Å². The van der Waals surface area contributed by atoms with Gasteiger partial charge in [-0.3, -0.25) is 14.9 Å². The molecule has 0 aliphatic heterocycles. The van der Waals surface area contributed by atoms with Gasteiger partial charge in [-0.2, -0.15) is 0 Å². The fourth-order valence-corrected chi connectivity index (χ4v) is 2.83. The summed E-state index contributed by atoms with van der Waals surface area (Å²) in [6, 6.07) is 2.60. The molecule has 0 saturated carbocycles. The molecular weight excluding hydrogens is 352 g/mol. The van der Waals surface area contributed by atoms with Crippen LogP contribution in [0.15, 0.2) is 24.5 Å². The van der Waals surface area contributed by atoms with E-state index in [-0.39, 0.29) is 28.9 Å². The number of nitrogens with one attached hydrogen (secondary N) is 1. The van der Waals surface area contributed by atoms with Gasteiger partial charge in [0.2, 0.25) is 0 Å². The number of amides is 1. The lowest BCUT2D eigenvalue weighted by Crippen LogP contribution is -2.18. The van der Waals surface area contributed by atoms with Gasteiger partial charge in [-0.05, 0) is 17.9 Å². The fourth-order valence-electron chi connectivity index (χ4n) is 2.83. The maximum atomic E-state index is 12.7. The highest BCUT2D eigenvalue weighted by atomic mass is 16.6. The molecule has 0 saturated heterocycles. The third kappa shape index (κ3) is 4.96. The minimum absolute atomic E-state index is 0.0718. The van der Waals surface area contributed by atoms with E-state index in [1.54, 1.807) is 15.3 Å². The highest BCUT2D eigenvalue weighted by Crippen LogP contribution is 2.21. The lowest BCUT2D eigenvalue weighted by Gasteiger charge is -2.10. The van der Waals surface area contributed by atoms with Crippen LogP contribution >= 0.6 is 0 Å². The van der Waals surface area contributed by atoms with E-state index in [2.05, 4.69) is 5.32 Å². The van der Waals surface area contributed by atoms with E-state index >= 15 is 0 Å². The van der Waals surface area contributed by atoms with Crippen molar-refractivity contribution in [2.75, 3.05) is 5.32 Å². The Morgan fingerprint density at radius 1 is 1.07 bits per heavy atom. The Labute approximate surface area is 156 Å². The lowest BCUT2D eigenvalue weighted by molar-refractivity contribution is -0.384. The van der Waals surface area contributed by atoms with Crippen LogP contribution in [0, 0.1) is 22.0 Å². The molecule has 2 N–H and O–H groups in total. The molecule has 0 aromatic carbocycles. The first-order chi connectivity index (χ1) is 12.6. The Hall–Kier alpha value is -3.10. The zero-order valence-corrected chi connectivity index (χ0v) is 15.8. The molecule has 0 radical (unpaired) electrons. The molecule has 0 atom stereocenters. The summed E-state index contributed by atoms with van der Waals surface area (Å²) >= 11 is 0. The smallest absolute Gasteiger partial charge is 0.352 e. The van der Waals surface area contributed by atoms with E-state index in [1.165, 1.54) is 18.3 Å². The number of aromatic carboxylic acids is 1. The molecule has 146 valence electrons. The fraction of sp³-hybridized carbons (Fsp3) is 0.444. The molecule has 0 unspecified atom stereocenters. The van der Waals surface area contributed by atoms with Crippen molar-refractivity contribution in [1.29, 1.82) is 0 Å². The Bertz CT molecular complexity index is 863. The topological polar surface area (TPSA) is 119 Å². The monoisotopic (exact) mass is 376 g/mol. The molecule has 0 spiro atoms. The Balaban J connectivity index is 2.31. The first-order valence-electron chi connectivity index (χ1n) is 8.67. The molecule has 0 bridgehead atoms. The van der Waals surface area contributed by atoms with Crippen LogP contribution in [0.5, 0.6) is 0 Å². The van der Waals surface area contributed by atoms with Crippen LogP contribution < -0.4 is 5.32 Å². The van der Waals surface area contributed by atoms with E-state index in [1.807, 2.05) is 27.7 Å². The van der Waals surface area contributed by atoms with Crippen molar-refractivity contribution in [2.45, 2.75) is 40.8 Å². The highest BCUT2D eigenvalue weighted by Gasteiger charge is 2.21. The molecule has 27 heavy (non-hydrogen) atoms. The molecule has 0 aliphatic carbocycles. The van der Waals surface area contributed by atoms with E-state index in [0.717, 1.165) is 0 Å².